The van der Waals surface area contributed by atoms with Crippen molar-refractivity contribution in [1.29, 1.82) is 0 Å². The van der Waals surface area contributed by atoms with Crippen LogP contribution in [0.15, 0.2) is 355 Å². The van der Waals surface area contributed by atoms with Gasteiger partial charge in [-0.25, -0.2) is 0 Å². The maximum Gasteiger partial charge on any atom is 0.133 e. The lowest BCUT2D eigenvalue weighted by molar-refractivity contribution is 0.139. The van der Waals surface area contributed by atoms with Crippen LogP contribution in [0.1, 0.15) is 396 Å². The molecule has 12 aliphatic rings. The Morgan fingerprint density at radius 3 is 0.591 bits per heavy atom. The minimum Gasteiger partial charge on any atom is -0.346 e. The Kier molecular flexibility index (Phi) is 40.3. The second kappa shape index (κ2) is 53.2. The first-order chi connectivity index (χ1) is 70.6. The number of hydrogen-bond donors (Lipinski definition) is 0. The molecule has 5 aliphatic heterocycles. The van der Waals surface area contributed by atoms with Gasteiger partial charge in [0.05, 0.1) is 5.70 Å². The minimum atomic E-state index is 0. The molecule has 5 heterocycles. The zero-order chi connectivity index (χ0) is 99.1. The Balaban J connectivity index is 0.000000146. The zero-order valence-electron chi connectivity index (χ0n) is 89.3. The monoisotopic (exact) mass is 2000 g/mol. The van der Waals surface area contributed by atoms with E-state index in [0.29, 0.717) is 30.2 Å². The highest BCUT2D eigenvalue weighted by atomic mass is 15.5. The molecule has 0 spiro atoms. The number of para-hydroxylation sites is 5. The summed E-state index contributed by atoms with van der Waals surface area (Å²) in [5, 5.41) is 0. The van der Waals surface area contributed by atoms with Gasteiger partial charge in [0.25, 0.3) is 0 Å². The van der Waals surface area contributed by atoms with Crippen LogP contribution in [-0.4, -0.2) is 54.7 Å². The van der Waals surface area contributed by atoms with Gasteiger partial charge in [0.2, 0.25) is 0 Å². The van der Waals surface area contributed by atoms with Crippen LogP contribution in [0.5, 0.6) is 0 Å². The molecule has 0 saturated heterocycles. The predicted octanol–water partition coefficient (Wildman–Crippen LogP) is 39.0. The van der Waals surface area contributed by atoms with E-state index in [0.717, 1.165) is 11.8 Å². The van der Waals surface area contributed by atoms with E-state index < -0.39 is 0 Å². The lowest BCUT2D eigenvalue weighted by Gasteiger charge is -2.43. The number of benzene rings is 11. The number of aryl methyl sites for hydroxylation is 5. The van der Waals surface area contributed by atoms with Crippen molar-refractivity contribution in [2.45, 2.75) is 400 Å². The van der Waals surface area contributed by atoms with E-state index in [2.05, 4.69) is 435 Å². The van der Waals surface area contributed by atoms with Gasteiger partial charge in [-0.1, -0.05) is 439 Å². The van der Waals surface area contributed by atoms with E-state index in [4.69, 9.17) is 0 Å². The Bertz CT molecular complexity index is 6020. The summed E-state index contributed by atoms with van der Waals surface area (Å²) in [5.41, 5.74) is 36.5. The van der Waals surface area contributed by atoms with E-state index in [-0.39, 0.29) is 68.0 Å². The Morgan fingerprint density at radius 1 is 0.161 bits per heavy atom. The third-order valence-corrected chi connectivity index (χ3v) is 35.1. The summed E-state index contributed by atoms with van der Waals surface area (Å²) in [4.78, 5) is 27.1. The van der Waals surface area contributed by atoms with Crippen LogP contribution < -0.4 is 24.5 Å². The van der Waals surface area contributed by atoms with Crippen LogP contribution in [0.3, 0.4) is 0 Å². The molecule has 5 atom stereocenters. The zero-order valence-corrected chi connectivity index (χ0v) is 89.3. The summed E-state index contributed by atoms with van der Waals surface area (Å²) in [6, 6.07) is 114. The van der Waals surface area contributed by atoms with E-state index in [9.17, 15) is 0 Å². The van der Waals surface area contributed by atoms with E-state index in [1.807, 2.05) is 0 Å². The van der Waals surface area contributed by atoms with Crippen molar-refractivity contribution < 1.29 is 0 Å². The molecule has 7 fully saturated rings. The van der Waals surface area contributed by atoms with Gasteiger partial charge in [0.15, 0.2) is 0 Å². The van der Waals surface area contributed by atoms with Crippen LogP contribution in [0.2, 0.25) is 0 Å². The van der Waals surface area contributed by atoms with Gasteiger partial charge in [-0.2, -0.15) is 0 Å². The van der Waals surface area contributed by atoms with Crippen molar-refractivity contribution in [1.82, 2.24) is 24.5 Å². The minimum absolute atomic E-state index is 0. The first-order valence-corrected chi connectivity index (χ1v) is 56.6. The lowest BCUT2D eigenvalue weighted by Crippen LogP contribution is -2.42. The SMILES string of the molecule is C.C.C.C.C.CC1=C(C)N(C2CCCCC2)C(c2ccccc2)N1c1ccccc1C.CC1=C(C)N(C2CCCCC2)C(c2ccccc2)N1c1ccccc1C.CC1=C(C2CCCC2)N(C2CCCCC2)C(c2ccccc2)N1c1ccccc1C.CC1=C(C2CCCCC2)N(C2CCCCC2)C(c2ccccc2)N1c1ccccc1C.CC1=C(c2ccccc2)N(C2CCCCC2)C(c2ccccc2)N1c1ccccc1C. The van der Waals surface area contributed by atoms with Gasteiger partial charge in [0.1, 0.15) is 30.8 Å². The van der Waals surface area contributed by atoms with Crippen LogP contribution in [-0.2, 0) is 0 Å². The van der Waals surface area contributed by atoms with Crippen molar-refractivity contribution in [3.05, 3.63) is 416 Å². The summed E-state index contributed by atoms with van der Waals surface area (Å²) in [6.07, 6.45) is 47.4. The number of hydrogen-bond acceptors (Lipinski definition) is 10. The molecule has 792 valence electrons. The lowest BCUT2D eigenvalue weighted by atomic mass is 9.84. The molecule has 0 amide bonds. The van der Waals surface area contributed by atoms with Gasteiger partial charge in [-0.15, -0.1) is 0 Å². The Hall–Kier alpha value is -11.9. The fraction of sp³-hybridized carbons (Fsp3) is 0.453. The quantitative estimate of drug-likeness (QED) is 0.0828. The molecule has 11 aromatic carbocycles. The summed E-state index contributed by atoms with van der Waals surface area (Å²) in [6.45, 7) is 27.6. The third kappa shape index (κ3) is 24.2. The largest absolute Gasteiger partial charge is 0.346 e. The fourth-order valence-electron chi connectivity index (χ4n) is 27.8. The van der Waals surface area contributed by atoms with Gasteiger partial charge >= 0.3 is 0 Å². The number of rotatable bonds is 18. The van der Waals surface area contributed by atoms with Crippen LogP contribution in [0.25, 0.3) is 5.70 Å². The molecule has 10 heteroatoms. The molecule has 11 aromatic rings. The normalized spacial score (nSPS) is 21.3. The van der Waals surface area contributed by atoms with Crippen molar-refractivity contribution in [3.8, 4) is 0 Å². The molecule has 23 rings (SSSR count). The average Bonchev–Trinajstić information content (AvgIpc) is 1.56. The van der Waals surface area contributed by atoms with Crippen molar-refractivity contribution in [2.75, 3.05) is 24.5 Å². The third-order valence-electron chi connectivity index (χ3n) is 35.1. The molecule has 0 radical (unpaired) electrons. The standard InChI is InChI=1S/C29H38N2.C29H32N2.C28H36N2.2C24H30N2.5CH4/c2*1-22-14-12-13-21-27(22)30-23(2)28(24-15-6-3-7-16-24)31(26-19-10-5-11-20-26)29(30)25-17-8-4-9-18-25;1-21-13-9-12-20-26(21)29-22(2)27(23-14-10-11-15-23)30(25-18-7-4-8-19-25)28(29)24-16-5-3-6-17-24;2*1-18-12-10-11-17-23(18)26-20(3)19(2)25(22-15-8-5-9-16-22)24(26)21-13-6-4-7-14-21;;;;;/h4,8-9,12-14,17-18,21,24,26,29H,3,5-7,10-11,15-16,19-20H2,1-2H3;3-4,6-9,12-18,21,26,29H,5,10-11,19-20H2,1-2H3;3,5-6,9,12-13,16-17,20,23,25,28H,4,7-8,10-11,14-15,18-19H2,1-2H3;2*4,6-7,10-14,17,22,24H,5,8-9,15-16H2,1-3H3;5*1H4. The van der Waals surface area contributed by atoms with E-state index in [1.54, 1.807) is 11.4 Å². The molecule has 7 aliphatic carbocycles. The summed E-state index contributed by atoms with van der Waals surface area (Å²) in [5.74, 6) is 1.45. The molecule has 10 nitrogen and oxygen atoms in total. The van der Waals surface area contributed by atoms with Crippen LogP contribution in [0.4, 0.5) is 28.4 Å². The highest BCUT2D eigenvalue weighted by molar-refractivity contribution is 5.78. The van der Waals surface area contributed by atoms with E-state index >= 15 is 0 Å². The average molecular weight is 2000 g/mol. The van der Waals surface area contributed by atoms with Crippen molar-refractivity contribution in [3.63, 3.8) is 0 Å². The maximum atomic E-state index is 2.91. The highest BCUT2D eigenvalue weighted by Crippen LogP contribution is 2.57. The maximum absolute atomic E-state index is 2.91. The molecular formula is C139H186N10. The summed E-state index contributed by atoms with van der Waals surface area (Å²) >= 11 is 0. The second-order valence-corrected chi connectivity index (χ2v) is 44.1. The van der Waals surface area contributed by atoms with Gasteiger partial charge in [-0.05, 0) is 265 Å². The number of anilines is 5. The van der Waals surface area contributed by atoms with Crippen molar-refractivity contribution in [2.24, 2.45) is 11.8 Å². The Labute approximate surface area is 904 Å². The van der Waals surface area contributed by atoms with E-state index in [1.165, 1.54) is 354 Å². The molecular weight excluding hydrogens is 1810 g/mol. The molecule has 0 aromatic heterocycles. The number of allylic oxidation sites excluding steroid dienone is 9. The smallest absolute Gasteiger partial charge is 0.133 e. The van der Waals surface area contributed by atoms with Gasteiger partial charge in [0, 0.05) is 122 Å². The molecule has 149 heavy (non-hydrogen) atoms. The summed E-state index contributed by atoms with van der Waals surface area (Å²) < 4.78 is 0. The Morgan fingerprint density at radius 2 is 0.342 bits per heavy atom. The summed E-state index contributed by atoms with van der Waals surface area (Å²) in [7, 11) is 0. The second-order valence-electron chi connectivity index (χ2n) is 44.1. The van der Waals surface area contributed by atoms with Gasteiger partial charge in [-0.3, -0.25) is 0 Å². The molecule has 0 bridgehead atoms. The molecule has 7 saturated carbocycles. The first kappa shape index (κ1) is 113. The van der Waals surface area contributed by atoms with Gasteiger partial charge < -0.3 is 49.0 Å². The van der Waals surface area contributed by atoms with Crippen molar-refractivity contribution >= 4 is 34.1 Å². The highest BCUT2D eigenvalue weighted by Gasteiger charge is 2.50. The number of nitrogens with zero attached hydrogens (tertiary/aromatic N) is 10. The predicted molar refractivity (Wildman–Crippen MR) is 641 cm³/mol. The molecule has 0 N–H and O–H groups in total. The fourth-order valence-corrected chi connectivity index (χ4v) is 27.8. The first-order valence-electron chi connectivity index (χ1n) is 56.6. The van der Waals surface area contributed by atoms with Crippen LogP contribution >= 0.6 is 0 Å². The van der Waals surface area contributed by atoms with Crippen LogP contribution in [0, 0.1) is 46.5 Å². The topological polar surface area (TPSA) is 32.4 Å². The molecule has 5 unspecified atom stereocenters.